The number of rotatable bonds is 7. The summed E-state index contributed by atoms with van der Waals surface area (Å²) in [6, 6.07) is 12.1. The van der Waals surface area contributed by atoms with Crippen LogP contribution in [-0.2, 0) is 11.3 Å². The van der Waals surface area contributed by atoms with Gasteiger partial charge in [-0.25, -0.2) is 14.8 Å². The van der Waals surface area contributed by atoms with Crippen molar-refractivity contribution in [2.24, 2.45) is 0 Å². The van der Waals surface area contributed by atoms with Crippen molar-refractivity contribution in [2.45, 2.75) is 20.4 Å². The van der Waals surface area contributed by atoms with E-state index in [1.807, 2.05) is 12.1 Å². The first kappa shape index (κ1) is 19.9. The highest BCUT2D eigenvalue weighted by molar-refractivity contribution is 5.97. The van der Waals surface area contributed by atoms with Gasteiger partial charge in [-0.15, -0.1) is 0 Å². The van der Waals surface area contributed by atoms with Crippen LogP contribution in [0, 0.1) is 6.92 Å². The molecule has 29 heavy (non-hydrogen) atoms. The number of carbonyl (C=O) groups is 2. The minimum atomic E-state index is -0.434. The smallest absolute Gasteiger partial charge is 0.340 e. The average molecular weight is 391 g/mol. The first-order valence-electron chi connectivity index (χ1n) is 9.12. The number of ether oxygens (including phenoxy) is 1. The molecule has 0 aliphatic rings. The highest BCUT2D eigenvalue weighted by Gasteiger charge is 2.15. The molecule has 1 amide bonds. The summed E-state index contributed by atoms with van der Waals surface area (Å²) >= 11 is 0. The second-order valence-corrected chi connectivity index (χ2v) is 6.11. The summed E-state index contributed by atoms with van der Waals surface area (Å²) in [4.78, 5) is 37.1. The van der Waals surface area contributed by atoms with Crippen LogP contribution in [0.4, 0.5) is 11.5 Å². The lowest BCUT2D eigenvalue weighted by atomic mass is 10.2. The number of benzene rings is 1. The number of pyridine rings is 1. The molecule has 8 heteroatoms. The van der Waals surface area contributed by atoms with Crippen molar-refractivity contribution in [3.8, 4) is 0 Å². The molecule has 2 N–H and O–H groups in total. The average Bonchev–Trinajstić information content (AvgIpc) is 2.73. The Balaban J connectivity index is 1.78. The minimum absolute atomic E-state index is 0.225. The summed E-state index contributed by atoms with van der Waals surface area (Å²) in [5.41, 5.74) is 2.07. The van der Waals surface area contributed by atoms with E-state index in [1.54, 1.807) is 50.5 Å². The zero-order valence-electron chi connectivity index (χ0n) is 16.2. The summed E-state index contributed by atoms with van der Waals surface area (Å²) in [6.45, 7) is 4.08. The van der Waals surface area contributed by atoms with Crippen molar-refractivity contribution in [2.75, 3.05) is 11.9 Å². The van der Waals surface area contributed by atoms with Crippen LogP contribution < -0.4 is 10.6 Å². The van der Waals surface area contributed by atoms with Crippen molar-refractivity contribution in [3.63, 3.8) is 0 Å². The summed E-state index contributed by atoms with van der Waals surface area (Å²) < 4.78 is 5.09. The van der Waals surface area contributed by atoms with Crippen molar-refractivity contribution in [1.82, 2.24) is 20.3 Å². The third kappa shape index (κ3) is 5.35. The number of amides is 1. The first-order chi connectivity index (χ1) is 14.1. The van der Waals surface area contributed by atoms with E-state index in [4.69, 9.17) is 4.74 Å². The van der Waals surface area contributed by atoms with Gasteiger partial charge in [-0.3, -0.25) is 9.78 Å². The van der Waals surface area contributed by atoms with E-state index in [9.17, 15) is 9.59 Å². The van der Waals surface area contributed by atoms with Gasteiger partial charge in [0.25, 0.3) is 5.91 Å². The van der Waals surface area contributed by atoms with Crippen LogP contribution in [0.15, 0.2) is 54.9 Å². The highest BCUT2D eigenvalue weighted by Crippen LogP contribution is 2.21. The van der Waals surface area contributed by atoms with E-state index in [0.29, 0.717) is 29.4 Å². The third-order valence-electron chi connectivity index (χ3n) is 3.96. The van der Waals surface area contributed by atoms with Gasteiger partial charge in [0.2, 0.25) is 0 Å². The molecular weight excluding hydrogens is 370 g/mol. The Labute approximate surface area is 168 Å². The number of anilines is 2. The van der Waals surface area contributed by atoms with Gasteiger partial charge in [-0.2, -0.15) is 0 Å². The molecule has 0 aliphatic heterocycles. The second-order valence-electron chi connectivity index (χ2n) is 6.11. The number of nitrogens with zero attached hydrogens (tertiary/aromatic N) is 3. The number of esters is 1. The lowest BCUT2D eigenvalue weighted by Crippen LogP contribution is -2.24. The fourth-order valence-electron chi connectivity index (χ4n) is 2.64. The molecular formula is C21H21N5O3. The van der Waals surface area contributed by atoms with Crippen LogP contribution >= 0.6 is 0 Å². The molecule has 3 rings (SSSR count). The predicted octanol–water partition coefficient (Wildman–Crippen LogP) is 3.03. The van der Waals surface area contributed by atoms with Gasteiger partial charge in [0, 0.05) is 25.0 Å². The molecule has 8 nitrogen and oxygen atoms in total. The maximum atomic E-state index is 12.5. The largest absolute Gasteiger partial charge is 0.462 e. The molecule has 0 aliphatic carbocycles. The molecule has 0 saturated carbocycles. The zero-order valence-corrected chi connectivity index (χ0v) is 16.2. The molecule has 1 aromatic carbocycles. The number of aryl methyl sites for hydroxylation is 1. The van der Waals surface area contributed by atoms with Crippen LogP contribution in [0.1, 0.15) is 39.2 Å². The zero-order chi connectivity index (χ0) is 20.6. The monoisotopic (exact) mass is 391 g/mol. The maximum Gasteiger partial charge on any atom is 0.340 e. The van der Waals surface area contributed by atoms with Gasteiger partial charge in [0.1, 0.15) is 17.3 Å². The van der Waals surface area contributed by atoms with Gasteiger partial charge in [-0.1, -0.05) is 12.1 Å². The molecule has 0 bridgehead atoms. The first-order valence-corrected chi connectivity index (χ1v) is 9.12. The van der Waals surface area contributed by atoms with Gasteiger partial charge < -0.3 is 15.4 Å². The van der Waals surface area contributed by atoms with Crippen LogP contribution in [0.3, 0.4) is 0 Å². The Kier molecular flexibility index (Phi) is 6.47. The molecule has 0 atom stereocenters. The number of carbonyl (C=O) groups excluding carboxylic acids is 2. The molecule has 2 heterocycles. The summed E-state index contributed by atoms with van der Waals surface area (Å²) in [5, 5.41) is 5.90. The molecule has 3 aromatic rings. The molecule has 0 saturated heterocycles. The maximum absolute atomic E-state index is 12.5. The van der Waals surface area contributed by atoms with Crippen LogP contribution in [0.5, 0.6) is 0 Å². The van der Waals surface area contributed by atoms with Crippen LogP contribution in [0.2, 0.25) is 0 Å². The molecule has 0 spiro atoms. The molecule has 0 fully saturated rings. The van der Waals surface area contributed by atoms with Crippen molar-refractivity contribution in [1.29, 1.82) is 0 Å². The number of nitrogens with one attached hydrogen (secondary N) is 2. The number of hydrogen-bond donors (Lipinski definition) is 2. The van der Waals surface area contributed by atoms with E-state index < -0.39 is 5.97 Å². The Bertz CT molecular complexity index is 1010. The number of para-hydroxylation sites is 1. The Hall–Kier alpha value is -3.81. The van der Waals surface area contributed by atoms with Crippen molar-refractivity contribution in [3.05, 3.63) is 77.5 Å². The highest BCUT2D eigenvalue weighted by atomic mass is 16.5. The molecule has 148 valence electrons. The van der Waals surface area contributed by atoms with Crippen LogP contribution in [0.25, 0.3) is 0 Å². The van der Waals surface area contributed by atoms with Gasteiger partial charge in [-0.05, 0) is 43.7 Å². The summed E-state index contributed by atoms with van der Waals surface area (Å²) in [6.07, 6.45) is 3.33. The molecule has 0 unspecified atom stereocenters. The lowest BCUT2D eigenvalue weighted by molar-refractivity contribution is 0.0527. The predicted molar refractivity (Wildman–Crippen MR) is 108 cm³/mol. The van der Waals surface area contributed by atoms with E-state index in [1.165, 1.54) is 6.07 Å². The SMILES string of the molecule is CCOC(=O)c1ccccc1Nc1cc(C(=O)NCc2ccncc2)nc(C)n1. The molecule has 0 radical (unpaired) electrons. The third-order valence-corrected chi connectivity index (χ3v) is 3.96. The minimum Gasteiger partial charge on any atom is -0.462 e. The van der Waals surface area contributed by atoms with Gasteiger partial charge in [0.05, 0.1) is 17.9 Å². The summed E-state index contributed by atoms with van der Waals surface area (Å²) in [7, 11) is 0. The second kappa shape index (κ2) is 9.41. The van der Waals surface area contributed by atoms with E-state index >= 15 is 0 Å². The van der Waals surface area contributed by atoms with Crippen molar-refractivity contribution >= 4 is 23.4 Å². The Morgan fingerprint density at radius 1 is 1.07 bits per heavy atom. The molecule has 2 aromatic heterocycles. The normalized spacial score (nSPS) is 10.3. The van der Waals surface area contributed by atoms with Gasteiger partial charge in [0.15, 0.2) is 0 Å². The number of aromatic nitrogens is 3. The van der Waals surface area contributed by atoms with E-state index in [2.05, 4.69) is 25.6 Å². The quantitative estimate of drug-likeness (QED) is 0.596. The van der Waals surface area contributed by atoms with E-state index in [-0.39, 0.29) is 18.2 Å². The van der Waals surface area contributed by atoms with Crippen LogP contribution in [-0.4, -0.2) is 33.4 Å². The van der Waals surface area contributed by atoms with Gasteiger partial charge >= 0.3 is 5.97 Å². The fraction of sp³-hybridized carbons (Fsp3) is 0.190. The Morgan fingerprint density at radius 2 is 1.83 bits per heavy atom. The summed E-state index contributed by atoms with van der Waals surface area (Å²) in [5.74, 6) is 0.0757. The number of hydrogen-bond acceptors (Lipinski definition) is 7. The topological polar surface area (TPSA) is 106 Å². The fourth-order valence-corrected chi connectivity index (χ4v) is 2.64. The lowest BCUT2D eigenvalue weighted by Gasteiger charge is -2.12. The van der Waals surface area contributed by atoms with Crippen molar-refractivity contribution < 1.29 is 14.3 Å². The van der Waals surface area contributed by atoms with E-state index in [0.717, 1.165) is 5.56 Å². The standard InChI is InChI=1S/C21H21N5O3/c1-3-29-21(28)16-6-4-5-7-17(16)26-19-12-18(24-14(2)25-19)20(27)23-13-15-8-10-22-11-9-15/h4-12H,3,13H2,1-2H3,(H,23,27)(H,24,25,26). The Morgan fingerprint density at radius 3 is 2.59 bits per heavy atom.